The molecule has 2 nitrogen and oxygen atoms in total. The molecule has 0 heterocycles. The second-order valence-electron chi connectivity index (χ2n) is 5.72. The Bertz CT molecular complexity index is 261. The molecular weight excluding hydrogens is 388 g/mol. The SMILES string of the molecule is CC(C)N(C(=S)[S-])C(C)C.CC(C)N(C(=S)[S-])C(C)C.[Cu+2]. The molecule has 129 valence electrons. The van der Waals surface area contributed by atoms with Crippen LogP contribution in [0, 0.1) is 0 Å². The van der Waals surface area contributed by atoms with Crippen LogP contribution in [0.1, 0.15) is 55.4 Å². The number of thiocarbonyl (C=S) groups is 2. The van der Waals surface area contributed by atoms with Gasteiger partial charge in [0.15, 0.2) is 0 Å². The largest absolute Gasteiger partial charge is 2.00 e. The predicted molar refractivity (Wildman–Crippen MR) is 104 cm³/mol. The second kappa shape index (κ2) is 13.2. The van der Waals surface area contributed by atoms with Gasteiger partial charge in [-0.2, -0.15) is 0 Å². The third-order valence-corrected chi connectivity index (χ3v) is 3.49. The van der Waals surface area contributed by atoms with Gasteiger partial charge in [-0.3, -0.25) is 0 Å². The summed E-state index contributed by atoms with van der Waals surface area (Å²) in [7, 11) is 0. The minimum Gasteiger partial charge on any atom is -0.411 e. The van der Waals surface area contributed by atoms with Crippen LogP contribution in [0.15, 0.2) is 0 Å². The van der Waals surface area contributed by atoms with Crippen molar-refractivity contribution in [2.24, 2.45) is 0 Å². The maximum Gasteiger partial charge on any atom is 2.00 e. The van der Waals surface area contributed by atoms with Crippen molar-refractivity contribution in [3.05, 3.63) is 0 Å². The van der Waals surface area contributed by atoms with Crippen LogP contribution in [0.2, 0.25) is 0 Å². The number of hydrogen-bond donors (Lipinski definition) is 0. The van der Waals surface area contributed by atoms with E-state index in [1.807, 2.05) is 9.80 Å². The van der Waals surface area contributed by atoms with Gasteiger partial charge in [-0.15, -0.1) is 0 Å². The Morgan fingerprint density at radius 1 is 0.619 bits per heavy atom. The molecule has 0 amide bonds. The van der Waals surface area contributed by atoms with E-state index >= 15 is 0 Å². The molecule has 7 heteroatoms. The van der Waals surface area contributed by atoms with E-state index in [2.05, 4.69) is 55.4 Å². The first-order chi connectivity index (χ1) is 8.93. The molecule has 0 rings (SSSR count). The van der Waals surface area contributed by atoms with Crippen LogP contribution in [-0.4, -0.2) is 42.6 Å². The summed E-state index contributed by atoms with van der Waals surface area (Å²) >= 11 is 19.6. The second-order valence-corrected chi connectivity index (χ2v) is 7.78. The van der Waals surface area contributed by atoms with Crippen molar-refractivity contribution in [3.8, 4) is 0 Å². The van der Waals surface area contributed by atoms with Gasteiger partial charge in [0.05, 0.1) is 0 Å². The van der Waals surface area contributed by atoms with E-state index in [0.717, 1.165) is 0 Å². The molecule has 0 atom stereocenters. The third-order valence-electron chi connectivity index (χ3n) is 2.65. The maximum absolute atomic E-state index is 4.91. The Morgan fingerprint density at radius 2 is 0.762 bits per heavy atom. The molecule has 0 spiro atoms. The average Bonchev–Trinajstić information content (AvgIpc) is 2.12. The number of hydrogen-bond acceptors (Lipinski definition) is 4. The van der Waals surface area contributed by atoms with E-state index < -0.39 is 0 Å². The third kappa shape index (κ3) is 11.9. The van der Waals surface area contributed by atoms with Crippen molar-refractivity contribution >= 4 is 58.3 Å². The van der Waals surface area contributed by atoms with Crippen LogP contribution in [0.25, 0.3) is 0 Å². The summed E-state index contributed by atoms with van der Waals surface area (Å²) in [6, 6.07) is 1.69. The zero-order chi connectivity index (χ0) is 16.6. The molecule has 0 fully saturated rings. The molecular formula is C14H28CuN2S4. The van der Waals surface area contributed by atoms with Gasteiger partial charge in [-0.1, -0.05) is 8.64 Å². The molecule has 0 aromatic carbocycles. The van der Waals surface area contributed by atoms with Gasteiger partial charge in [-0.25, -0.2) is 0 Å². The van der Waals surface area contributed by atoms with Crippen LogP contribution in [0.5, 0.6) is 0 Å². The summed E-state index contributed by atoms with van der Waals surface area (Å²) in [5.41, 5.74) is 0. The minimum absolute atomic E-state index is 0. The van der Waals surface area contributed by atoms with Gasteiger partial charge >= 0.3 is 17.1 Å². The minimum atomic E-state index is 0. The summed E-state index contributed by atoms with van der Waals surface area (Å²) in [5.74, 6) is 0. The van der Waals surface area contributed by atoms with Gasteiger partial charge in [0.25, 0.3) is 0 Å². The molecule has 0 aliphatic carbocycles. The number of nitrogens with zero attached hydrogens (tertiary/aromatic N) is 2. The van der Waals surface area contributed by atoms with E-state index in [4.69, 9.17) is 49.7 Å². The van der Waals surface area contributed by atoms with Gasteiger partial charge in [0.2, 0.25) is 0 Å². The van der Waals surface area contributed by atoms with E-state index in [9.17, 15) is 0 Å². The normalized spacial score (nSPS) is 10.1. The fourth-order valence-corrected chi connectivity index (χ4v) is 3.72. The molecule has 0 unspecified atom stereocenters. The smallest absolute Gasteiger partial charge is 0.411 e. The van der Waals surface area contributed by atoms with Crippen molar-refractivity contribution < 1.29 is 17.1 Å². The Kier molecular flexibility index (Phi) is 16.7. The fourth-order valence-electron chi connectivity index (χ4n) is 2.04. The summed E-state index contributed by atoms with van der Waals surface area (Å²) in [6.07, 6.45) is 0. The fraction of sp³-hybridized carbons (Fsp3) is 0.857. The van der Waals surface area contributed by atoms with Gasteiger partial charge < -0.3 is 59.5 Å². The maximum atomic E-state index is 4.91. The molecule has 0 saturated carbocycles. The molecule has 0 saturated heterocycles. The first-order valence-corrected chi connectivity index (χ1v) is 8.55. The topological polar surface area (TPSA) is 6.48 Å². The summed E-state index contributed by atoms with van der Waals surface area (Å²) < 4.78 is 1.15. The van der Waals surface area contributed by atoms with E-state index in [0.29, 0.717) is 32.8 Å². The average molecular weight is 416 g/mol. The molecule has 21 heavy (non-hydrogen) atoms. The Morgan fingerprint density at radius 3 is 0.762 bits per heavy atom. The first-order valence-electron chi connectivity index (χ1n) is 6.92. The molecule has 1 radical (unpaired) electrons. The zero-order valence-electron chi connectivity index (χ0n) is 14.1. The van der Waals surface area contributed by atoms with E-state index in [1.165, 1.54) is 0 Å². The zero-order valence-corrected chi connectivity index (χ0v) is 18.3. The van der Waals surface area contributed by atoms with Crippen molar-refractivity contribution in [1.82, 2.24) is 9.80 Å². The Balaban J connectivity index is -0.000000295. The first kappa shape index (κ1) is 26.6. The van der Waals surface area contributed by atoms with Gasteiger partial charge in [-0.05, 0) is 55.4 Å². The summed E-state index contributed by atoms with van der Waals surface area (Å²) in [5, 5.41) is 0. The molecule has 0 N–H and O–H groups in total. The van der Waals surface area contributed by atoms with Crippen LogP contribution >= 0.6 is 24.4 Å². The van der Waals surface area contributed by atoms with Crippen LogP contribution in [-0.2, 0) is 42.3 Å². The van der Waals surface area contributed by atoms with Crippen LogP contribution in [0.4, 0.5) is 0 Å². The number of rotatable bonds is 4. The van der Waals surface area contributed by atoms with Crippen molar-refractivity contribution in [3.63, 3.8) is 0 Å². The Hall–Kier alpha value is 0.739. The molecule has 0 aliphatic rings. The quantitative estimate of drug-likeness (QED) is 0.387. The summed E-state index contributed by atoms with van der Waals surface area (Å²) in [4.78, 5) is 4.09. The molecule has 0 aromatic heterocycles. The monoisotopic (exact) mass is 415 g/mol. The molecule has 0 aliphatic heterocycles. The van der Waals surface area contributed by atoms with E-state index in [-0.39, 0.29) is 17.1 Å². The van der Waals surface area contributed by atoms with Crippen molar-refractivity contribution in [2.45, 2.75) is 79.6 Å². The van der Waals surface area contributed by atoms with Crippen molar-refractivity contribution in [1.29, 1.82) is 0 Å². The standard InChI is InChI=1S/2C7H15NS2.Cu/c2*1-5(2)8(6(3)4)7(9)10;/h2*5-6H,1-4H3,(H,9,10);/q;;+2/p-2. The van der Waals surface area contributed by atoms with Gasteiger partial charge in [0, 0.05) is 24.2 Å². The van der Waals surface area contributed by atoms with Crippen LogP contribution in [0.3, 0.4) is 0 Å². The predicted octanol–water partition coefficient (Wildman–Crippen LogP) is 3.87. The Labute approximate surface area is 164 Å². The molecule has 0 bridgehead atoms. The van der Waals surface area contributed by atoms with E-state index in [1.54, 1.807) is 0 Å². The van der Waals surface area contributed by atoms with Gasteiger partial charge in [0.1, 0.15) is 0 Å². The summed E-state index contributed by atoms with van der Waals surface area (Å²) in [6.45, 7) is 16.8. The van der Waals surface area contributed by atoms with Crippen LogP contribution < -0.4 is 0 Å². The molecule has 0 aromatic rings. The van der Waals surface area contributed by atoms with Crippen molar-refractivity contribution in [2.75, 3.05) is 0 Å².